The summed E-state index contributed by atoms with van der Waals surface area (Å²) in [6, 6.07) is 83.3. The molecule has 2 aromatic heterocycles. The molecule has 67 heavy (non-hydrogen) atoms. The highest BCUT2D eigenvalue weighted by Gasteiger charge is 2.52. The van der Waals surface area contributed by atoms with E-state index >= 15 is 0 Å². The van der Waals surface area contributed by atoms with Crippen molar-refractivity contribution in [2.75, 3.05) is 4.90 Å². The van der Waals surface area contributed by atoms with Crippen LogP contribution in [0.1, 0.15) is 22.3 Å². The van der Waals surface area contributed by atoms with Gasteiger partial charge in [0.1, 0.15) is 11.5 Å². The van der Waals surface area contributed by atoms with E-state index in [1.807, 2.05) is 22.7 Å². The van der Waals surface area contributed by atoms with Gasteiger partial charge in [-0.3, -0.25) is 0 Å². The first-order valence-electron chi connectivity index (χ1n) is 22.9. The maximum atomic E-state index is 7.25. The van der Waals surface area contributed by atoms with Crippen molar-refractivity contribution in [2.45, 2.75) is 5.41 Å². The topological polar surface area (TPSA) is 12.5 Å². The molecule has 15 rings (SSSR count). The fraction of sp³-hybridized carbons (Fsp3) is 0.0159. The summed E-state index contributed by atoms with van der Waals surface area (Å²) in [7, 11) is 0. The van der Waals surface area contributed by atoms with Crippen LogP contribution in [-0.2, 0) is 5.41 Å². The van der Waals surface area contributed by atoms with Gasteiger partial charge in [0.15, 0.2) is 0 Å². The van der Waals surface area contributed by atoms with E-state index in [-0.39, 0.29) is 0 Å². The monoisotopic (exact) mass is 887 g/mol. The Morgan fingerprint density at radius 3 is 1.72 bits per heavy atom. The average Bonchev–Trinajstić information content (AvgIpc) is 4.05. The van der Waals surface area contributed by atoms with Gasteiger partial charge in [0.05, 0.1) is 11.1 Å². The normalized spacial score (nSPS) is 13.3. The zero-order chi connectivity index (χ0) is 43.8. The summed E-state index contributed by atoms with van der Waals surface area (Å²) in [6.07, 6.45) is 0. The summed E-state index contributed by atoms with van der Waals surface area (Å²) in [5.41, 5.74) is 12.6. The van der Waals surface area contributed by atoms with Crippen LogP contribution in [0.5, 0.6) is 11.5 Å². The van der Waals surface area contributed by atoms with Crippen LogP contribution in [0, 0.1) is 0 Å². The minimum absolute atomic E-state index is 0.628. The van der Waals surface area contributed by atoms with Crippen LogP contribution in [0.4, 0.5) is 17.1 Å². The van der Waals surface area contributed by atoms with Crippen molar-refractivity contribution in [2.24, 2.45) is 0 Å². The Balaban J connectivity index is 0.994. The summed E-state index contributed by atoms with van der Waals surface area (Å²) in [4.78, 5) is 2.50. The molecule has 2 aliphatic rings. The minimum Gasteiger partial charge on any atom is -0.455 e. The lowest BCUT2D eigenvalue weighted by Gasteiger charge is -2.40. The number of hydrogen-bond donors (Lipinski definition) is 0. The van der Waals surface area contributed by atoms with Crippen molar-refractivity contribution in [1.82, 2.24) is 0 Å². The number of hydrogen-bond acceptors (Lipinski definition) is 4. The van der Waals surface area contributed by atoms with Crippen LogP contribution >= 0.6 is 22.7 Å². The van der Waals surface area contributed by atoms with Gasteiger partial charge in [0.25, 0.3) is 0 Å². The molecule has 1 aliphatic carbocycles. The molecule has 0 amide bonds. The summed E-state index contributed by atoms with van der Waals surface area (Å²) < 4.78 is 12.4. The van der Waals surface area contributed by atoms with Crippen molar-refractivity contribution in [3.63, 3.8) is 0 Å². The van der Waals surface area contributed by atoms with Crippen molar-refractivity contribution < 1.29 is 4.74 Å². The second-order valence-corrected chi connectivity index (χ2v) is 20.0. The Bertz CT molecular complexity index is 4150. The SMILES string of the molecule is c1cc(-c2cccc3c2-c2ccccc2C32c3ccc4ccccc4c3Oc3c2ccc2ccccc32)cc(N(c2ccc3sc4ccccc4c3c2)c2cccc3sc4ccccc4c23)c1. The molecule has 0 radical (unpaired) electrons. The molecule has 2 nitrogen and oxygen atoms in total. The Hall–Kier alpha value is -8.02. The molecule has 11 aromatic carbocycles. The van der Waals surface area contributed by atoms with Crippen LogP contribution in [0.2, 0.25) is 0 Å². The maximum absolute atomic E-state index is 7.25. The summed E-state index contributed by atoms with van der Waals surface area (Å²) in [5.74, 6) is 1.86. The van der Waals surface area contributed by atoms with Gasteiger partial charge in [-0.15, -0.1) is 22.7 Å². The largest absolute Gasteiger partial charge is 0.455 e. The molecule has 312 valence electrons. The van der Waals surface area contributed by atoms with E-state index in [4.69, 9.17) is 4.74 Å². The molecule has 3 heterocycles. The fourth-order valence-electron chi connectivity index (χ4n) is 11.7. The fourth-order valence-corrected chi connectivity index (χ4v) is 13.9. The molecule has 0 unspecified atom stereocenters. The molecule has 1 spiro atoms. The number of fused-ring (bicyclic) bond motifs is 19. The molecule has 0 atom stereocenters. The third-order valence-corrected chi connectivity index (χ3v) is 16.8. The van der Waals surface area contributed by atoms with E-state index in [1.54, 1.807) is 0 Å². The average molecular weight is 888 g/mol. The highest BCUT2D eigenvalue weighted by atomic mass is 32.1. The van der Waals surface area contributed by atoms with Crippen LogP contribution < -0.4 is 9.64 Å². The quantitative estimate of drug-likeness (QED) is 0.175. The lowest BCUT2D eigenvalue weighted by molar-refractivity contribution is 0.447. The standard InChI is InChI=1S/C63H37NOS2/c1-3-18-44-38(14-1)30-33-52-61(44)65-62-45-19-4-2-15-39(45)31-34-53(62)63(52)50-24-8-5-21-47(50)59-43(23-12-25-51(59)63)40-16-11-17-41(36-40)64(42-32-35-57-49(37-42)46-20-6-9-27-55(46)66-57)54-26-13-29-58-60(54)48-22-7-10-28-56(48)67-58/h1-37H. The van der Waals surface area contributed by atoms with Crippen LogP contribution in [0.25, 0.3) is 84.1 Å². The zero-order valence-corrected chi connectivity index (χ0v) is 37.7. The highest BCUT2D eigenvalue weighted by molar-refractivity contribution is 7.26. The van der Waals surface area contributed by atoms with Gasteiger partial charge in [-0.05, 0) is 98.8 Å². The predicted molar refractivity (Wildman–Crippen MR) is 285 cm³/mol. The Morgan fingerprint density at radius 2 is 0.925 bits per heavy atom. The highest BCUT2D eigenvalue weighted by Crippen LogP contribution is 2.65. The first kappa shape index (κ1) is 37.2. The number of thiophene rings is 2. The molecule has 0 fully saturated rings. The summed E-state index contributed by atoms with van der Waals surface area (Å²) in [6.45, 7) is 0. The van der Waals surface area contributed by atoms with E-state index in [1.165, 1.54) is 101 Å². The second kappa shape index (κ2) is 14.0. The number of rotatable bonds is 4. The molecule has 4 heteroatoms. The molecule has 0 N–H and O–H groups in total. The summed E-state index contributed by atoms with van der Waals surface area (Å²) in [5, 5.41) is 9.70. The lowest BCUT2D eigenvalue weighted by Crippen LogP contribution is -2.32. The van der Waals surface area contributed by atoms with Crippen molar-refractivity contribution in [3.8, 4) is 33.8 Å². The zero-order valence-electron chi connectivity index (χ0n) is 36.0. The molecule has 0 saturated carbocycles. The van der Waals surface area contributed by atoms with Gasteiger partial charge in [-0.1, -0.05) is 170 Å². The summed E-state index contributed by atoms with van der Waals surface area (Å²) >= 11 is 3.73. The molecule has 0 saturated heterocycles. The Labute approximate surface area is 394 Å². The maximum Gasteiger partial charge on any atom is 0.140 e. The third kappa shape index (κ3) is 5.14. The van der Waals surface area contributed by atoms with Crippen molar-refractivity contribution in [3.05, 3.63) is 247 Å². The molecular weight excluding hydrogens is 851 g/mol. The Morgan fingerprint density at radius 1 is 0.358 bits per heavy atom. The van der Waals surface area contributed by atoms with Crippen LogP contribution in [0.15, 0.2) is 224 Å². The first-order valence-corrected chi connectivity index (χ1v) is 24.5. The van der Waals surface area contributed by atoms with Crippen LogP contribution in [-0.4, -0.2) is 0 Å². The number of ether oxygens (including phenoxy) is 1. The van der Waals surface area contributed by atoms with E-state index < -0.39 is 5.41 Å². The molecule has 1 aliphatic heterocycles. The predicted octanol–water partition coefficient (Wildman–Crippen LogP) is 18.3. The van der Waals surface area contributed by atoms with Crippen LogP contribution in [0.3, 0.4) is 0 Å². The van der Waals surface area contributed by atoms with Gasteiger partial charge >= 0.3 is 0 Å². The Kier molecular flexibility index (Phi) is 7.78. The van der Waals surface area contributed by atoms with E-state index in [0.717, 1.165) is 33.6 Å². The van der Waals surface area contributed by atoms with Gasteiger partial charge in [-0.25, -0.2) is 0 Å². The van der Waals surface area contributed by atoms with E-state index in [0.29, 0.717) is 0 Å². The van der Waals surface area contributed by atoms with Gasteiger partial charge in [0.2, 0.25) is 0 Å². The van der Waals surface area contributed by atoms with Gasteiger partial charge < -0.3 is 9.64 Å². The minimum atomic E-state index is -0.628. The molecule has 0 bridgehead atoms. The lowest BCUT2D eigenvalue weighted by atomic mass is 9.65. The van der Waals surface area contributed by atoms with Gasteiger partial charge in [0, 0.05) is 73.6 Å². The number of nitrogens with zero attached hydrogens (tertiary/aromatic N) is 1. The number of benzene rings is 11. The van der Waals surface area contributed by atoms with E-state index in [9.17, 15) is 0 Å². The molecular formula is C63H37NOS2. The van der Waals surface area contributed by atoms with Gasteiger partial charge in [-0.2, -0.15) is 0 Å². The van der Waals surface area contributed by atoms with Crippen molar-refractivity contribution in [1.29, 1.82) is 0 Å². The second-order valence-electron chi connectivity index (χ2n) is 17.9. The van der Waals surface area contributed by atoms with Crippen molar-refractivity contribution >= 4 is 102 Å². The first-order chi connectivity index (χ1) is 33.2. The van der Waals surface area contributed by atoms with E-state index in [2.05, 4.69) is 229 Å². The third-order valence-electron chi connectivity index (χ3n) is 14.5. The number of anilines is 3. The smallest absolute Gasteiger partial charge is 0.140 e. The molecule has 13 aromatic rings.